The normalized spacial score (nSPS) is 10.6. The first kappa shape index (κ1) is 16.3. The van der Waals surface area contributed by atoms with Crippen molar-refractivity contribution in [2.45, 2.75) is 40.5 Å². The van der Waals surface area contributed by atoms with E-state index in [1.165, 1.54) is 24.0 Å². The SMILES string of the molecule is CCCCN(C)c1cc(C)nc(Nc2ccc(C)c(C)c2)n1. The van der Waals surface area contributed by atoms with Crippen molar-refractivity contribution in [3.05, 3.63) is 41.1 Å². The maximum absolute atomic E-state index is 4.64. The molecular weight excluding hydrogens is 272 g/mol. The number of hydrogen-bond acceptors (Lipinski definition) is 4. The summed E-state index contributed by atoms with van der Waals surface area (Å²) in [5, 5.41) is 3.32. The van der Waals surface area contributed by atoms with E-state index in [2.05, 4.69) is 66.2 Å². The minimum Gasteiger partial charge on any atom is -0.360 e. The Labute approximate surface area is 133 Å². The van der Waals surface area contributed by atoms with Crippen molar-refractivity contribution >= 4 is 17.5 Å². The zero-order valence-electron chi connectivity index (χ0n) is 14.3. The summed E-state index contributed by atoms with van der Waals surface area (Å²) < 4.78 is 0. The molecule has 0 spiro atoms. The number of nitrogens with one attached hydrogen (secondary N) is 1. The minimum absolute atomic E-state index is 0.654. The highest BCUT2D eigenvalue weighted by Gasteiger charge is 2.07. The fraction of sp³-hybridized carbons (Fsp3) is 0.444. The van der Waals surface area contributed by atoms with E-state index in [0.29, 0.717) is 5.95 Å². The average Bonchev–Trinajstić information content (AvgIpc) is 2.48. The van der Waals surface area contributed by atoms with E-state index in [-0.39, 0.29) is 0 Å². The van der Waals surface area contributed by atoms with Crippen LogP contribution < -0.4 is 10.2 Å². The molecule has 22 heavy (non-hydrogen) atoms. The molecule has 2 rings (SSSR count). The van der Waals surface area contributed by atoms with Crippen molar-refractivity contribution in [3.8, 4) is 0 Å². The zero-order valence-corrected chi connectivity index (χ0v) is 14.3. The Morgan fingerprint density at radius 3 is 2.50 bits per heavy atom. The lowest BCUT2D eigenvalue weighted by Crippen LogP contribution is -2.20. The fourth-order valence-electron chi connectivity index (χ4n) is 2.26. The molecule has 118 valence electrons. The van der Waals surface area contributed by atoms with Gasteiger partial charge in [-0.15, -0.1) is 0 Å². The first-order chi connectivity index (χ1) is 10.5. The Bertz CT molecular complexity index is 637. The summed E-state index contributed by atoms with van der Waals surface area (Å²) in [5.74, 6) is 1.62. The molecule has 0 saturated heterocycles. The summed E-state index contributed by atoms with van der Waals surface area (Å²) in [6.45, 7) is 9.44. The predicted octanol–water partition coefficient (Wildman–Crippen LogP) is 4.38. The van der Waals surface area contributed by atoms with Crippen molar-refractivity contribution in [2.24, 2.45) is 0 Å². The van der Waals surface area contributed by atoms with Crippen LogP contribution in [0.15, 0.2) is 24.3 Å². The molecule has 1 heterocycles. The number of aryl methyl sites for hydroxylation is 3. The van der Waals surface area contributed by atoms with Crippen molar-refractivity contribution in [1.82, 2.24) is 9.97 Å². The molecule has 1 aromatic heterocycles. The molecular formula is C18H26N4. The van der Waals surface area contributed by atoms with Crippen LogP contribution in [0, 0.1) is 20.8 Å². The van der Waals surface area contributed by atoms with Gasteiger partial charge in [0, 0.05) is 31.0 Å². The third-order valence-corrected chi connectivity index (χ3v) is 3.84. The van der Waals surface area contributed by atoms with Crippen LogP contribution in [0.3, 0.4) is 0 Å². The van der Waals surface area contributed by atoms with Gasteiger partial charge in [-0.2, -0.15) is 4.98 Å². The van der Waals surface area contributed by atoms with Gasteiger partial charge in [0.15, 0.2) is 0 Å². The monoisotopic (exact) mass is 298 g/mol. The van der Waals surface area contributed by atoms with Crippen molar-refractivity contribution in [3.63, 3.8) is 0 Å². The number of hydrogen-bond donors (Lipinski definition) is 1. The van der Waals surface area contributed by atoms with E-state index >= 15 is 0 Å². The molecule has 0 aliphatic carbocycles. The Hall–Kier alpha value is -2.10. The van der Waals surface area contributed by atoms with Gasteiger partial charge in [0.25, 0.3) is 0 Å². The van der Waals surface area contributed by atoms with Crippen LogP contribution in [0.5, 0.6) is 0 Å². The molecule has 4 nitrogen and oxygen atoms in total. The van der Waals surface area contributed by atoms with Gasteiger partial charge in [-0.1, -0.05) is 19.4 Å². The summed E-state index contributed by atoms with van der Waals surface area (Å²) in [6, 6.07) is 8.33. The smallest absolute Gasteiger partial charge is 0.229 e. The van der Waals surface area contributed by atoms with Crippen LogP contribution in [0.1, 0.15) is 36.6 Å². The largest absolute Gasteiger partial charge is 0.360 e. The van der Waals surface area contributed by atoms with Gasteiger partial charge in [0.05, 0.1) is 0 Å². The maximum atomic E-state index is 4.64. The minimum atomic E-state index is 0.654. The van der Waals surface area contributed by atoms with Gasteiger partial charge in [-0.05, 0) is 50.5 Å². The highest BCUT2D eigenvalue weighted by Crippen LogP contribution is 2.20. The molecule has 0 radical (unpaired) electrons. The van der Waals surface area contributed by atoms with E-state index in [1.54, 1.807) is 0 Å². The second-order valence-electron chi connectivity index (χ2n) is 5.89. The number of aromatic nitrogens is 2. The number of nitrogens with zero attached hydrogens (tertiary/aromatic N) is 3. The van der Waals surface area contributed by atoms with E-state index in [9.17, 15) is 0 Å². The van der Waals surface area contributed by atoms with Gasteiger partial charge in [-0.25, -0.2) is 4.98 Å². The lowest BCUT2D eigenvalue weighted by atomic mass is 10.1. The van der Waals surface area contributed by atoms with Crippen LogP contribution in [0.4, 0.5) is 17.5 Å². The summed E-state index contributed by atoms with van der Waals surface area (Å²) in [7, 11) is 2.08. The van der Waals surface area contributed by atoms with E-state index < -0.39 is 0 Å². The summed E-state index contributed by atoms with van der Waals surface area (Å²) in [4.78, 5) is 11.3. The zero-order chi connectivity index (χ0) is 16.1. The second kappa shape index (κ2) is 7.25. The number of benzene rings is 1. The van der Waals surface area contributed by atoms with E-state index in [1.807, 2.05) is 13.0 Å². The fourth-order valence-corrected chi connectivity index (χ4v) is 2.26. The molecule has 0 atom stereocenters. The third kappa shape index (κ3) is 4.20. The lowest BCUT2D eigenvalue weighted by Gasteiger charge is -2.19. The molecule has 1 N–H and O–H groups in total. The molecule has 1 aromatic carbocycles. The quantitative estimate of drug-likeness (QED) is 0.859. The summed E-state index contributed by atoms with van der Waals surface area (Å²) in [6.07, 6.45) is 2.35. The van der Waals surface area contributed by atoms with Gasteiger partial charge >= 0.3 is 0 Å². The Kier molecular flexibility index (Phi) is 5.36. The molecule has 0 aliphatic heterocycles. The molecule has 2 aromatic rings. The first-order valence-electron chi connectivity index (χ1n) is 7.90. The first-order valence-corrected chi connectivity index (χ1v) is 7.90. The highest BCUT2D eigenvalue weighted by molar-refractivity contribution is 5.57. The predicted molar refractivity (Wildman–Crippen MR) is 94.1 cm³/mol. The summed E-state index contributed by atoms with van der Waals surface area (Å²) >= 11 is 0. The maximum Gasteiger partial charge on any atom is 0.229 e. The van der Waals surface area contributed by atoms with Crippen LogP contribution >= 0.6 is 0 Å². The van der Waals surface area contributed by atoms with Crippen LogP contribution in [0.2, 0.25) is 0 Å². The number of unbranched alkanes of at least 4 members (excludes halogenated alkanes) is 1. The van der Waals surface area contributed by atoms with E-state index in [0.717, 1.165) is 23.7 Å². The van der Waals surface area contributed by atoms with Gasteiger partial charge < -0.3 is 10.2 Å². The molecule has 0 aliphatic rings. The Morgan fingerprint density at radius 1 is 1.05 bits per heavy atom. The molecule has 0 fully saturated rings. The van der Waals surface area contributed by atoms with Crippen molar-refractivity contribution < 1.29 is 0 Å². The van der Waals surface area contributed by atoms with Gasteiger partial charge in [0.1, 0.15) is 5.82 Å². The lowest BCUT2D eigenvalue weighted by molar-refractivity contribution is 0.758. The number of rotatable bonds is 6. The second-order valence-corrected chi connectivity index (χ2v) is 5.89. The molecule has 0 saturated carbocycles. The molecule has 0 amide bonds. The standard InChI is InChI=1S/C18H26N4/c1-6-7-10-22(5)17-12-15(4)19-18(21-17)20-16-9-8-13(2)14(3)11-16/h8-9,11-12H,6-7,10H2,1-5H3,(H,19,20,21). The van der Waals surface area contributed by atoms with Crippen LogP contribution in [-0.2, 0) is 0 Å². The molecule has 0 unspecified atom stereocenters. The molecule has 4 heteroatoms. The average molecular weight is 298 g/mol. The van der Waals surface area contributed by atoms with Crippen molar-refractivity contribution in [1.29, 1.82) is 0 Å². The van der Waals surface area contributed by atoms with Crippen LogP contribution in [-0.4, -0.2) is 23.6 Å². The van der Waals surface area contributed by atoms with E-state index in [4.69, 9.17) is 0 Å². The summed E-state index contributed by atoms with van der Waals surface area (Å²) in [5.41, 5.74) is 4.55. The molecule has 0 bridgehead atoms. The third-order valence-electron chi connectivity index (χ3n) is 3.84. The van der Waals surface area contributed by atoms with Gasteiger partial charge in [0.2, 0.25) is 5.95 Å². The Morgan fingerprint density at radius 2 is 1.82 bits per heavy atom. The number of anilines is 3. The highest BCUT2D eigenvalue weighted by atomic mass is 15.2. The topological polar surface area (TPSA) is 41.1 Å². The Balaban J connectivity index is 2.20. The van der Waals surface area contributed by atoms with Crippen LogP contribution in [0.25, 0.3) is 0 Å². The van der Waals surface area contributed by atoms with Gasteiger partial charge in [-0.3, -0.25) is 0 Å². The van der Waals surface area contributed by atoms with Crippen molar-refractivity contribution in [2.75, 3.05) is 23.8 Å².